The SMILES string of the molecule is C[C@H]1CN(CCCC2CCCCO2)CC[C@]1(C)c1cccc(O)c1. The smallest absolute Gasteiger partial charge is 0.115 e. The number of rotatable bonds is 5. The lowest BCUT2D eigenvalue weighted by Crippen LogP contribution is -2.47. The van der Waals surface area contributed by atoms with Crippen LogP contribution in [0.2, 0.25) is 0 Å². The minimum absolute atomic E-state index is 0.168. The standard InChI is InChI=1S/C21H33NO2/c1-17-16-22(12-6-10-20-9-3-4-14-24-20)13-11-21(17,2)18-7-5-8-19(23)15-18/h5,7-8,15,17,20,23H,3-4,6,9-14,16H2,1-2H3/t17-,20?,21-/m0/s1. The Morgan fingerprint density at radius 3 is 2.92 bits per heavy atom. The monoisotopic (exact) mass is 331 g/mol. The first-order valence-electron chi connectivity index (χ1n) is 9.71. The average Bonchev–Trinajstić information content (AvgIpc) is 2.59. The molecular formula is C21H33NO2. The Balaban J connectivity index is 1.49. The van der Waals surface area contributed by atoms with E-state index in [0.717, 1.165) is 26.1 Å². The van der Waals surface area contributed by atoms with Crippen molar-refractivity contribution in [2.45, 2.75) is 63.9 Å². The van der Waals surface area contributed by atoms with Crippen molar-refractivity contribution in [3.63, 3.8) is 0 Å². The van der Waals surface area contributed by atoms with E-state index in [1.165, 1.54) is 44.2 Å². The number of piperidine rings is 1. The third-order valence-corrected chi connectivity index (χ3v) is 6.35. The molecule has 3 heteroatoms. The molecule has 2 heterocycles. The number of hydrogen-bond donors (Lipinski definition) is 1. The van der Waals surface area contributed by atoms with Crippen molar-refractivity contribution in [3.05, 3.63) is 29.8 Å². The van der Waals surface area contributed by atoms with Crippen LogP contribution in [0.1, 0.15) is 57.9 Å². The average molecular weight is 331 g/mol. The number of nitrogens with zero attached hydrogens (tertiary/aromatic N) is 1. The Labute approximate surface area is 147 Å². The lowest BCUT2D eigenvalue weighted by atomic mass is 9.68. The molecular weight excluding hydrogens is 298 g/mol. The number of phenolic OH excluding ortho intramolecular Hbond substituents is 1. The summed E-state index contributed by atoms with van der Waals surface area (Å²) in [6, 6.07) is 7.86. The van der Waals surface area contributed by atoms with Gasteiger partial charge in [0.05, 0.1) is 6.10 Å². The van der Waals surface area contributed by atoms with E-state index in [9.17, 15) is 5.11 Å². The van der Waals surface area contributed by atoms with Crippen molar-refractivity contribution in [1.29, 1.82) is 0 Å². The zero-order valence-corrected chi connectivity index (χ0v) is 15.3. The maximum absolute atomic E-state index is 9.81. The highest BCUT2D eigenvalue weighted by molar-refractivity contribution is 5.33. The lowest BCUT2D eigenvalue weighted by molar-refractivity contribution is 0.00721. The molecule has 2 aliphatic heterocycles. The van der Waals surface area contributed by atoms with Gasteiger partial charge in [0, 0.05) is 13.2 Å². The molecule has 1 N–H and O–H groups in total. The summed E-state index contributed by atoms with van der Waals surface area (Å²) in [7, 11) is 0. The summed E-state index contributed by atoms with van der Waals surface area (Å²) in [5.41, 5.74) is 1.45. The molecule has 1 aromatic carbocycles. The number of aromatic hydroxyl groups is 1. The van der Waals surface area contributed by atoms with Crippen LogP contribution < -0.4 is 0 Å². The maximum atomic E-state index is 9.81. The van der Waals surface area contributed by atoms with Gasteiger partial charge < -0.3 is 14.7 Å². The normalized spacial score (nSPS) is 31.9. The van der Waals surface area contributed by atoms with Crippen LogP contribution in [0.15, 0.2) is 24.3 Å². The minimum Gasteiger partial charge on any atom is -0.508 e. The van der Waals surface area contributed by atoms with Gasteiger partial charge in [-0.05, 0) is 80.6 Å². The van der Waals surface area contributed by atoms with Crippen molar-refractivity contribution in [2.24, 2.45) is 5.92 Å². The van der Waals surface area contributed by atoms with E-state index in [0.29, 0.717) is 17.8 Å². The Hall–Kier alpha value is -1.06. The zero-order valence-electron chi connectivity index (χ0n) is 15.3. The Bertz CT molecular complexity index is 526. The highest BCUT2D eigenvalue weighted by atomic mass is 16.5. The molecule has 0 spiro atoms. The van der Waals surface area contributed by atoms with Gasteiger partial charge in [-0.2, -0.15) is 0 Å². The van der Waals surface area contributed by atoms with Gasteiger partial charge in [-0.25, -0.2) is 0 Å². The van der Waals surface area contributed by atoms with E-state index in [1.807, 2.05) is 12.1 Å². The van der Waals surface area contributed by atoms with Crippen molar-refractivity contribution >= 4 is 0 Å². The fourth-order valence-corrected chi connectivity index (χ4v) is 4.39. The molecule has 134 valence electrons. The summed E-state index contributed by atoms with van der Waals surface area (Å²) < 4.78 is 5.85. The maximum Gasteiger partial charge on any atom is 0.115 e. The molecule has 24 heavy (non-hydrogen) atoms. The van der Waals surface area contributed by atoms with Gasteiger partial charge in [-0.15, -0.1) is 0 Å². The van der Waals surface area contributed by atoms with Gasteiger partial charge in [-0.1, -0.05) is 26.0 Å². The van der Waals surface area contributed by atoms with Crippen molar-refractivity contribution in [2.75, 3.05) is 26.2 Å². The second-order valence-corrected chi connectivity index (χ2v) is 8.05. The molecule has 3 rings (SSSR count). The van der Waals surface area contributed by atoms with Crippen LogP contribution in [-0.4, -0.2) is 42.4 Å². The fraction of sp³-hybridized carbons (Fsp3) is 0.714. The first-order chi connectivity index (χ1) is 11.6. The van der Waals surface area contributed by atoms with Crippen molar-refractivity contribution in [1.82, 2.24) is 4.90 Å². The highest BCUT2D eigenvalue weighted by Crippen LogP contribution is 2.40. The van der Waals surface area contributed by atoms with Crippen LogP contribution in [0, 0.1) is 5.92 Å². The molecule has 0 aliphatic carbocycles. The molecule has 2 fully saturated rings. The van der Waals surface area contributed by atoms with E-state index in [2.05, 4.69) is 24.8 Å². The van der Waals surface area contributed by atoms with Crippen LogP contribution in [0.5, 0.6) is 5.75 Å². The quantitative estimate of drug-likeness (QED) is 0.871. The zero-order chi connectivity index (χ0) is 17.0. The molecule has 0 radical (unpaired) electrons. The molecule has 2 aliphatic rings. The van der Waals surface area contributed by atoms with Crippen LogP contribution >= 0.6 is 0 Å². The van der Waals surface area contributed by atoms with E-state index in [4.69, 9.17) is 4.74 Å². The molecule has 0 bridgehead atoms. The van der Waals surface area contributed by atoms with Gasteiger partial charge in [0.15, 0.2) is 0 Å². The minimum atomic E-state index is 0.168. The fourth-order valence-electron chi connectivity index (χ4n) is 4.39. The molecule has 1 aromatic rings. The third kappa shape index (κ3) is 4.12. The summed E-state index contributed by atoms with van der Waals surface area (Å²) in [4.78, 5) is 2.62. The summed E-state index contributed by atoms with van der Waals surface area (Å²) >= 11 is 0. The first-order valence-corrected chi connectivity index (χ1v) is 9.71. The van der Waals surface area contributed by atoms with Crippen molar-refractivity contribution < 1.29 is 9.84 Å². The van der Waals surface area contributed by atoms with Crippen LogP contribution in [0.3, 0.4) is 0 Å². The van der Waals surface area contributed by atoms with Gasteiger partial charge >= 0.3 is 0 Å². The second-order valence-electron chi connectivity index (χ2n) is 8.05. The number of likely N-dealkylation sites (tertiary alicyclic amines) is 1. The number of benzene rings is 1. The molecule has 0 amide bonds. The topological polar surface area (TPSA) is 32.7 Å². The summed E-state index contributed by atoms with van der Waals surface area (Å²) in [5, 5.41) is 9.81. The van der Waals surface area contributed by atoms with Crippen molar-refractivity contribution in [3.8, 4) is 5.75 Å². The number of ether oxygens (including phenoxy) is 1. The van der Waals surface area contributed by atoms with E-state index < -0.39 is 0 Å². The van der Waals surface area contributed by atoms with Crippen LogP contribution in [-0.2, 0) is 10.2 Å². The summed E-state index contributed by atoms with van der Waals surface area (Å²) in [5.74, 6) is 0.981. The van der Waals surface area contributed by atoms with Gasteiger partial charge in [-0.3, -0.25) is 0 Å². The molecule has 0 saturated carbocycles. The second kappa shape index (κ2) is 7.88. The third-order valence-electron chi connectivity index (χ3n) is 6.35. The lowest BCUT2D eigenvalue weighted by Gasteiger charge is -2.45. The molecule has 2 saturated heterocycles. The Kier molecular flexibility index (Phi) is 5.83. The molecule has 0 aromatic heterocycles. The highest BCUT2D eigenvalue weighted by Gasteiger charge is 2.37. The number of hydrogen-bond acceptors (Lipinski definition) is 3. The van der Waals surface area contributed by atoms with Crippen LogP contribution in [0.4, 0.5) is 0 Å². The molecule has 3 nitrogen and oxygen atoms in total. The predicted octanol–water partition coefficient (Wildman–Crippen LogP) is 4.34. The Morgan fingerprint density at radius 2 is 2.21 bits per heavy atom. The van der Waals surface area contributed by atoms with E-state index in [-0.39, 0.29) is 5.41 Å². The van der Waals surface area contributed by atoms with E-state index >= 15 is 0 Å². The summed E-state index contributed by atoms with van der Waals surface area (Å²) in [6.45, 7) is 9.19. The first kappa shape index (κ1) is 17.8. The van der Waals surface area contributed by atoms with E-state index in [1.54, 1.807) is 6.07 Å². The molecule has 3 atom stereocenters. The Morgan fingerprint density at radius 1 is 1.33 bits per heavy atom. The van der Waals surface area contributed by atoms with Gasteiger partial charge in [0.25, 0.3) is 0 Å². The predicted molar refractivity (Wildman–Crippen MR) is 98.5 cm³/mol. The molecule has 1 unspecified atom stereocenters. The van der Waals surface area contributed by atoms with Gasteiger partial charge in [0.2, 0.25) is 0 Å². The van der Waals surface area contributed by atoms with Crippen LogP contribution in [0.25, 0.3) is 0 Å². The summed E-state index contributed by atoms with van der Waals surface area (Å²) in [6.07, 6.45) is 7.98. The van der Waals surface area contributed by atoms with Gasteiger partial charge in [0.1, 0.15) is 5.75 Å². The largest absolute Gasteiger partial charge is 0.508 e. The number of phenols is 1.